The van der Waals surface area contributed by atoms with Crippen LogP contribution in [0.2, 0.25) is 0 Å². The molecule has 0 radical (unpaired) electrons. The molecule has 8 nitrogen and oxygen atoms in total. The van der Waals surface area contributed by atoms with Crippen LogP contribution in [0.25, 0.3) is 12.2 Å². The Morgan fingerprint density at radius 1 is 0.875 bits per heavy atom. The summed E-state index contributed by atoms with van der Waals surface area (Å²) in [6.45, 7) is 4.01. The van der Waals surface area contributed by atoms with Crippen molar-refractivity contribution in [3.63, 3.8) is 0 Å². The normalized spacial score (nSPS) is 11.5. The van der Waals surface area contributed by atoms with Crippen molar-refractivity contribution in [3.8, 4) is 23.0 Å². The average Bonchev–Trinajstić information content (AvgIpc) is 2.76. The third kappa shape index (κ3) is 8.03. The zero-order valence-corrected chi connectivity index (χ0v) is 19.7. The number of ether oxygens (including phenoxy) is 4. The maximum atomic E-state index is 10.3. The highest BCUT2D eigenvalue weighted by Crippen LogP contribution is 2.38. The molecule has 2 rings (SSSR count). The Morgan fingerprint density at radius 3 is 1.78 bits per heavy atom. The summed E-state index contributed by atoms with van der Waals surface area (Å²) in [5.74, 6) is 2.48. The van der Waals surface area contributed by atoms with E-state index < -0.39 is 11.9 Å². The molecule has 0 saturated heterocycles. The summed E-state index contributed by atoms with van der Waals surface area (Å²) in [5, 5.41) is 0. The Morgan fingerprint density at radius 2 is 1.41 bits per heavy atom. The minimum Gasteiger partial charge on any atom is -0.495 e. The number of methoxy groups -OCH3 is 4. The van der Waals surface area contributed by atoms with E-state index in [0.717, 1.165) is 11.1 Å². The third-order valence-corrected chi connectivity index (χ3v) is 4.50. The molecule has 0 spiro atoms. The van der Waals surface area contributed by atoms with E-state index in [0.29, 0.717) is 41.0 Å². The lowest BCUT2D eigenvalue weighted by Crippen LogP contribution is -2.37. The molecule has 32 heavy (non-hydrogen) atoms. The minimum absolute atomic E-state index is 0.413. The van der Waals surface area contributed by atoms with E-state index in [4.69, 9.17) is 36.1 Å². The molecular weight excluding hydrogens is 410 g/mol. The highest BCUT2D eigenvalue weighted by atomic mass is 16.5. The molecule has 6 N–H and O–H groups in total. The van der Waals surface area contributed by atoms with Crippen molar-refractivity contribution in [2.75, 3.05) is 34.2 Å². The van der Waals surface area contributed by atoms with Gasteiger partial charge in [0, 0.05) is 0 Å². The number of hydrogen-bond donors (Lipinski definition) is 3. The summed E-state index contributed by atoms with van der Waals surface area (Å²) >= 11 is 0. The Kier molecular flexibility index (Phi) is 10.9. The molecule has 0 aliphatic heterocycles. The van der Waals surface area contributed by atoms with Crippen LogP contribution in [-0.4, -0.2) is 40.4 Å². The van der Waals surface area contributed by atoms with E-state index >= 15 is 0 Å². The predicted molar refractivity (Wildman–Crippen MR) is 129 cm³/mol. The van der Waals surface area contributed by atoms with Gasteiger partial charge in [-0.3, -0.25) is 4.79 Å². The topological polar surface area (TPSA) is 132 Å². The fraction of sp³-hybridized carbons (Fsp3) is 0.375. The van der Waals surface area contributed by atoms with Crippen molar-refractivity contribution >= 4 is 23.7 Å². The van der Waals surface area contributed by atoms with Crippen molar-refractivity contribution in [2.24, 2.45) is 17.4 Å². The molecule has 0 saturated carbocycles. The molecule has 1 amide bonds. The summed E-state index contributed by atoms with van der Waals surface area (Å²) in [4.78, 5) is 10.3. The second-order valence-corrected chi connectivity index (χ2v) is 7.43. The van der Waals surface area contributed by atoms with Gasteiger partial charge in [0.2, 0.25) is 11.7 Å². The van der Waals surface area contributed by atoms with Crippen molar-refractivity contribution < 1.29 is 23.7 Å². The van der Waals surface area contributed by atoms with E-state index in [-0.39, 0.29) is 0 Å². The SMILES string of the molecule is CC(C)C[C@@H](N)C(N)=O.COc1ccc(/C=C\c2cc(OC)c(OC)c(OC)c2)cc1N. The smallest absolute Gasteiger partial charge is 0.234 e. The highest BCUT2D eigenvalue weighted by molar-refractivity contribution is 5.79. The number of carbonyl (C=O) groups excluding carboxylic acids is 1. The first kappa shape index (κ1) is 26.6. The summed E-state index contributed by atoms with van der Waals surface area (Å²) in [6.07, 6.45) is 4.58. The van der Waals surface area contributed by atoms with Crippen molar-refractivity contribution in [1.82, 2.24) is 0 Å². The molecule has 0 bridgehead atoms. The molecule has 0 fully saturated rings. The Balaban J connectivity index is 0.000000482. The monoisotopic (exact) mass is 445 g/mol. The highest BCUT2D eigenvalue weighted by Gasteiger charge is 2.12. The largest absolute Gasteiger partial charge is 0.495 e. The van der Waals surface area contributed by atoms with Gasteiger partial charge in [-0.1, -0.05) is 32.1 Å². The predicted octanol–water partition coefficient (Wildman–Crippen LogP) is 3.32. The third-order valence-electron chi connectivity index (χ3n) is 4.50. The fourth-order valence-corrected chi connectivity index (χ4v) is 2.87. The first-order valence-electron chi connectivity index (χ1n) is 10.1. The molecule has 0 aromatic heterocycles. The summed E-state index contributed by atoms with van der Waals surface area (Å²) in [6, 6.07) is 8.92. The Bertz CT molecular complexity index is 887. The standard InChI is InChI=1S/C18H21NO4.C6H14N2O/c1-20-15-8-7-12(9-14(15)19)5-6-13-10-16(21-2)18(23-4)17(11-13)22-3;1-4(2)3-5(7)6(8)9/h5-11H,19H2,1-4H3;4-5H,3,7H2,1-2H3,(H2,8,9)/b6-5-;/t;5-/m.1/s1. The van der Waals surface area contributed by atoms with Gasteiger partial charge in [0.1, 0.15) is 5.75 Å². The molecule has 1 atom stereocenters. The number of rotatable bonds is 9. The molecule has 0 unspecified atom stereocenters. The van der Waals surface area contributed by atoms with Gasteiger partial charge in [0.15, 0.2) is 11.5 Å². The number of anilines is 1. The lowest BCUT2D eigenvalue weighted by Gasteiger charge is -2.12. The number of nitrogen functional groups attached to an aromatic ring is 1. The van der Waals surface area contributed by atoms with Crippen molar-refractivity contribution in [1.29, 1.82) is 0 Å². The minimum atomic E-state index is -0.468. The van der Waals surface area contributed by atoms with E-state index in [1.54, 1.807) is 28.4 Å². The number of benzene rings is 2. The van der Waals surface area contributed by atoms with Crippen LogP contribution in [0.5, 0.6) is 23.0 Å². The van der Waals surface area contributed by atoms with Crippen molar-refractivity contribution in [3.05, 3.63) is 41.5 Å². The first-order chi connectivity index (χ1) is 15.2. The molecule has 0 aliphatic rings. The van der Waals surface area contributed by atoms with Crippen LogP contribution in [0, 0.1) is 5.92 Å². The van der Waals surface area contributed by atoms with Gasteiger partial charge < -0.3 is 36.1 Å². The average molecular weight is 446 g/mol. The zero-order chi connectivity index (χ0) is 24.3. The van der Waals surface area contributed by atoms with E-state index in [2.05, 4.69) is 0 Å². The maximum absolute atomic E-state index is 10.3. The zero-order valence-electron chi connectivity index (χ0n) is 19.7. The van der Waals surface area contributed by atoms with Crippen LogP contribution in [0.3, 0.4) is 0 Å². The number of hydrogen-bond acceptors (Lipinski definition) is 7. The fourth-order valence-electron chi connectivity index (χ4n) is 2.87. The quantitative estimate of drug-likeness (QED) is 0.398. The first-order valence-corrected chi connectivity index (χ1v) is 10.1. The van der Waals surface area contributed by atoms with Gasteiger partial charge >= 0.3 is 0 Å². The molecule has 8 heteroatoms. The lowest BCUT2D eigenvalue weighted by molar-refractivity contribution is -0.119. The molecule has 0 aliphatic carbocycles. The van der Waals surface area contributed by atoms with Gasteiger partial charge in [0.05, 0.1) is 40.2 Å². The van der Waals surface area contributed by atoms with Crippen LogP contribution >= 0.6 is 0 Å². The molecular formula is C24H35N3O5. The van der Waals surface area contributed by atoms with E-state index in [9.17, 15) is 4.79 Å². The molecule has 2 aromatic rings. The van der Waals surface area contributed by atoms with Crippen LogP contribution < -0.4 is 36.1 Å². The van der Waals surface area contributed by atoms with Gasteiger partial charge in [-0.2, -0.15) is 0 Å². The van der Waals surface area contributed by atoms with Crippen LogP contribution in [0.4, 0.5) is 5.69 Å². The molecule has 2 aromatic carbocycles. The number of amides is 1. The molecule has 176 valence electrons. The van der Waals surface area contributed by atoms with Gasteiger partial charge in [0.25, 0.3) is 0 Å². The lowest BCUT2D eigenvalue weighted by atomic mass is 10.0. The second kappa shape index (κ2) is 13.1. The van der Waals surface area contributed by atoms with Gasteiger partial charge in [-0.15, -0.1) is 0 Å². The van der Waals surface area contributed by atoms with Gasteiger partial charge in [-0.25, -0.2) is 0 Å². The number of nitrogens with two attached hydrogens (primary N) is 3. The summed E-state index contributed by atoms with van der Waals surface area (Å²) in [5.41, 5.74) is 18.7. The van der Waals surface area contributed by atoms with Crippen molar-refractivity contribution in [2.45, 2.75) is 26.3 Å². The van der Waals surface area contributed by atoms with Crippen LogP contribution in [0.1, 0.15) is 31.4 Å². The van der Waals surface area contributed by atoms with E-state index in [1.165, 1.54) is 0 Å². The van der Waals surface area contributed by atoms with Crippen LogP contribution in [0.15, 0.2) is 30.3 Å². The van der Waals surface area contributed by atoms with Gasteiger partial charge in [-0.05, 0) is 47.7 Å². The summed E-state index contributed by atoms with van der Waals surface area (Å²) < 4.78 is 21.2. The van der Waals surface area contributed by atoms with E-state index in [1.807, 2.05) is 56.3 Å². The Hall–Kier alpha value is -3.39. The second-order valence-electron chi connectivity index (χ2n) is 7.43. The number of primary amides is 1. The molecule has 0 heterocycles. The maximum Gasteiger partial charge on any atom is 0.234 e. The number of carbonyl (C=O) groups is 1. The summed E-state index contributed by atoms with van der Waals surface area (Å²) in [7, 11) is 6.36. The Labute approximate surface area is 190 Å². The van der Waals surface area contributed by atoms with Crippen LogP contribution in [-0.2, 0) is 4.79 Å².